The molecule has 76 valence electrons. The SMILES string of the molecule is CC(C)(CN)c1cccc([N+](=O)[O-])c1. The lowest BCUT2D eigenvalue weighted by Crippen LogP contribution is -2.28. The zero-order chi connectivity index (χ0) is 10.8. The van der Waals surface area contributed by atoms with E-state index in [1.54, 1.807) is 12.1 Å². The summed E-state index contributed by atoms with van der Waals surface area (Å²) in [5, 5.41) is 10.5. The van der Waals surface area contributed by atoms with Crippen LogP contribution in [0.1, 0.15) is 19.4 Å². The molecule has 4 heteroatoms. The van der Waals surface area contributed by atoms with E-state index < -0.39 is 4.92 Å². The first-order chi connectivity index (χ1) is 6.47. The molecule has 0 aromatic heterocycles. The van der Waals surface area contributed by atoms with Crippen molar-refractivity contribution in [1.29, 1.82) is 0 Å². The molecule has 0 amide bonds. The lowest BCUT2D eigenvalue weighted by Gasteiger charge is -2.22. The van der Waals surface area contributed by atoms with E-state index in [9.17, 15) is 10.1 Å². The number of hydrogen-bond acceptors (Lipinski definition) is 3. The minimum Gasteiger partial charge on any atom is -0.330 e. The molecule has 0 saturated heterocycles. The standard InChI is InChI=1S/C10H14N2O2/c1-10(2,7-11)8-4-3-5-9(6-8)12(13)14/h3-6H,7,11H2,1-2H3. The van der Waals surface area contributed by atoms with Gasteiger partial charge in [-0.3, -0.25) is 10.1 Å². The quantitative estimate of drug-likeness (QED) is 0.589. The predicted octanol–water partition coefficient (Wildman–Crippen LogP) is 1.83. The van der Waals surface area contributed by atoms with Gasteiger partial charge in [-0.25, -0.2) is 0 Å². The number of nitro groups is 1. The van der Waals surface area contributed by atoms with Crippen LogP contribution in [0.4, 0.5) is 5.69 Å². The minimum absolute atomic E-state index is 0.115. The van der Waals surface area contributed by atoms with Crippen LogP contribution in [0.25, 0.3) is 0 Å². The van der Waals surface area contributed by atoms with Gasteiger partial charge in [0.15, 0.2) is 0 Å². The van der Waals surface area contributed by atoms with Gasteiger partial charge in [-0.2, -0.15) is 0 Å². The summed E-state index contributed by atoms with van der Waals surface area (Å²) in [6.45, 7) is 4.40. The molecule has 14 heavy (non-hydrogen) atoms. The van der Waals surface area contributed by atoms with Gasteiger partial charge in [-0.05, 0) is 5.56 Å². The summed E-state index contributed by atoms with van der Waals surface area (Å²) >= 11 is 0. The Morgan fingerprint density at radius 2 is 2.14 bits per heavy atom. The molecule has 0 spiro atoms. The van der Waals surface area contributed by atoms with Gasteiger partial charge in [0.1, 0.15) is 0 Å². The van der Waals surface area contributed by atoms with E-state index in [1.807, 2.05) is 19.9 Å². The van der Waals surface area contributed by atoms with Crippen LogP contribution in [0, 0.1) is 10.1 Å². The van der Waals surface area contributed by atoms with E-state index in [1.165, 1.54) is 6.07 Å². The number of hydrogen-bond donors (Lipinski definition) is 1. The van der Waals surface area contributed by atoms with Gasteiger partial charge >= 0.3 is 0 Å². The van der Waals surface area contributed by atoms with Crippen LogP contribution in [0.5, 0.6) is 0 Å². The first kappa shape index (κ1) is 10.7. The van der Waals surface area contributed by atoms with Crippen LogP contribution in [0.3, 0.4) is 0 Å². The molecule has 0 saturated carbocycles. The molecular formula is C10H14N2O2. The highest BCUT2D eigenvalue weighted by Gasteiger charge is 2.20. The van der Waals surface area contributed by atoms with Crippen LogP contribution in [0.15, 0.2) is 24.3 Å². The molecule has 0 fully saturated rings. The van der Waals surface area contributed by atoms with E-state index in [0.717, 1.165) is 5.56 Å². The van der Waals surface area contributed by atoms with Crippen molar-refractivity contribution in [3.8, 4) is 0 Å². The van der Waals surface area contributed by atoms with Crippen LogP contribution in [0.2, 0.25) is 0 Å². The molecule has 0 aliphatic carbocycles. The van der Waals surface area contributed by atoms with Crippen molar-refractivity contribution in [1.82, 2.24) is 0 Å². The van der Waals surface area contributed by atoms with Crippen molar-refractivity contribution in [2.24, 2.45) is 5.73 Å². The summed E-state index contributed by atoms with van der Waals surface area (Å²) in [6, 6.07) is 6.60. The van der Waals surface area contributed by atoms with Gasteiger partial charge in [0.05, 0.1) is 4.92 Å². The highest BCUT2D eigenvalue weighted by molar-refractivity contribution is 5.37. The molecule has 2 N–H and O–H groups in total. The summed E-state index contributed by atoms with van der Waals surface area (Å²) in [6.07, 6.45) is 0. The first-order valence-corrected chi connectivity index (χ1v) is 4.42. The first-order valence-electron chi connectivity index (χ1n) is 4.42. The molecule has 0 atom stereocenters. The fraction of sp³-hybridized carbons (Fsp3) is 0.400. The van der Waals surface area contributed by atoms with E-state index >= 15 is 0 Å². The second kappa shape index (κ2) is 3.75. The fourth-order valence-corrected chi connectivity index (χ4v) is 1.16. The molecule has 0 aliphatic heterocycles. The summed E-state index contributed by atoms with van der Waals surface area (Å²) in [5.74, 6) is 0. The molecular weight excluding hydrogens is 180 g/mol. The third-order valence-electron chi connectivity index (χ3n) is 2.35. The fourth-order valence-electron chi connectivity index (χ4n) is 1.16. The molecule has 0 unspecified atom stereocenters. The Kier molecular flexibility index (Phi) is 2.86. The van der Waals surface area contributed by atoms with Crippen LogP contribution in [-0.4, -0.2) is 11.5 Å². The molecule has 0 aliphatic rings. The summed E-state index contributed by atoms with van der Waals surface area (Å²) in [4.78, 5) is 10.1. The number of rotatable bonds is 3. The second-order valence-electron chi connectivity index (χ2n) is 3.90. The van der Waals surface area contributed by atoms with E-state index in [0.29, 0.717) is 6.54 Å². The average molecular weight is 194 g/mol. The zero-order valence-electron chi connectivity index (χ0n) is 8.36. The zero-order valence-corrected chi connectivity index (χ0v) is 8.36. The van der Waals surface area contributed by atoms with Gasteiger partial charge in [0, 0.05) is 24.1 Å². The van der Waals surface area contributed by atoms with Gasteiger partial charge < -0.3 is 5.73 Å². The molecule has 0 radical (unpaired) electrons. The van der Waals surface area contributed by atoms with Crippen LogP contribution >= 0.6 is 0 Å². The Hall–Kier alpha value is -1.42. The smallest absolute Gasteiger partial charge is 0.269 e. The van der Waals surface area contributed by atoms with E-state index in [-0.39, 0.29) is 11.1 Å². The van der Waals surface area contributed by atoms with Gasteiger partial charge in [0.25, 0.3) is 5.69 Å². The average Bonchev–Trinajstić information content (AvgIpc) is 2.18. The predicted molar refractivity (Wildman–Crippen MR) is 55.2 cm³/mol. The molecule has 0 heterocycles. The van der Waals surface area contributed by atoms with Crippen molar-refractivity contribution in [2.75, 3.05) is 6.54 Å². The summed E-state index contributed by atoms with van der Waals surface area (Å²) < 4.78 is 0. The summed E-state index contributed by atoms with van der Waals surface area (Å²) in [5.41, 5.74) is 6.39. The lowest BCUT2D eigenvalue weighted by atomic mass is 9.85. The van der Waals surface area contributed by atoms with Crippen molar-refractivity contribution >= 4 is 5.69 Å². The number of nitrogens with two attached hydrogens (primary N) is 1. The van der Waals surface area contributed by atoms with Crippen molar-refractivity contribution in [2.45, 2.75) is 19.3 Å². The lowest BCUT2D eigenvalue weighted by molar-refractivity contribution is -0.385. The highest BCUT2D eigenvalue weighted by atomic mass is 16.6. The number of nitro benzene ring substituents is 1. The third kappa shape index (κ3) is 2.09. The number of benzene rings is 1. The van der Waals surface area contributed by atoms with Crippen molar-refractivity contribution < 1.29 is 4.92 Å². The maximum Gasteiger partial charge on any atom is 0.269 e. The minimum atomic E-state index is -0.393. The topological polar surface area (TPSA) is 69.2 Å². The van der Waals surface area contributed by atoms with Crippen molar-refractivity contribution in [3.05, 3.63) is 39.9 Å². The molecule has 1 rings (SSSR count). The Bertz CT molecular complexity index is 348. The van der Waals surface area contributed by atoms with Gasteiger partial charge in [-0.15, -0.1) is 0 Å². The maximum absolute atomic E-state index is 10.5. The Morgan fingerprint density at radius 1 is 1.50 bits per heavy atom. The number of non-ortho nitro benzene ring substituents is 1. The molecule has 1 aromatic carbocycles. The van der Waals surface area contributed by atoms with Gasteiger partial charge in [0.2, 0.25) is 0 Å². The Balaban J connectivity index is 3.12. The largest absolute Gasteiger partial charge is 0.330 e. The molecule has 0 bridgehead atoms. The molecule has 1 aromatic rings. The van der Waals surface area contributed by atoms with Crippen molar-refractivity contribution in [3.63, 3.8) is 0 Å². The van der Waals surface area contributed by atoms with Crippen LogP contribution < -0.4 is 5.73 Å². The van der Waals surface area contributed by atoms with E-state index in [4.69, 9.17) is 5.73 Å². The maximum atomic E-state index is 10.5. The monoisotopic (exact) mass is 194 g/mol. The summed E-state index contributed by atoms with van der Waals surface area (Å²) in [7, 11) is 0. The van der Waals surface area contributed by atoms with E-state index in [2.05, 4.69) is 0 Å². The second-order valence-corrected chi connectivity index (χ2v) is 3.90. The number of nitrogens with zero attached hydrogens (tertiary/aromatic N) is 1. The highest BCUT2D eigenvalue weighted by Crippen LogP contribution is 2.24. The Labute approximate surface area is 82.9 Å². The molecule has 4 nitrogen and oxygen atoms in total. The van der Waals surface area contributed by atoms with Crippen LogP contribution in [-0.2, 0) is 5.41 Å². The third-order valence-corrected chi connectivity index (χ3v) is 2.35. The Morgan fingerprint density at radius 3 is 2.64 bits per heavy atom. The normalized spacial score (nSPS) is 11.4. The van der Waals surface area contributed by atoms with Gasteiger partial charge in [-0.1, -0.05) is 26.0 Å².